The summed E-state index contributed by atoms with van der Waals surface area (Å²) in [5.74, 6) is -0.686. The van der Waals surface area contributed by atoms with Crippen LogP contribution in [-0.2, 0) is 27.4 Å². The minimum atomic E-state index is -0.561. The van der Waals surface area contributed by atoms with Crippen molar-refractivity contribution in [2.24, 2.45) is 0 Å². The van der Waals surface area contributed by atoms with Crippen LogP contribution in [0.5, 0.6) is 0 Å². The maximum absolute atomic E-state index is 12.8. The van der Waals surface area contributed by atoms with Crippen molar-refractivity contribution in [2.45, 2.75) is 18.2 Å². The lowest BCUT2D eigenvalue weighted by Crippen LogP contribution is -2.29. The van der Waals surface area contributed by atoms with Gasteiger partial charge in [-0.05, 0) is 17.7 Å². The molecule has 0 spiro atoms. The summed E-state index contributed by atoms with van der Waals surface area (Å²) in [7, 11) is 1.26. The van der Waals surface area contributed by atoms with Crippen molar-refractivity contribution in [1.29, 1.82) is 0 Å². The third-order valence-electron chi connectivity index (χ3n) is 4.01. The fourth-order valence-corrected chi connectivity index (χ4v) is 3.40. The van der Waals surface area contributed by atoms with E-state index in [4.69, 9.17) is 0 Å². The quantitative estimate of drug-likeness (QED) is 0.372. The summed E-state index contributed by atoms with van der Waals surface area (Å²) in [6, 6.07) is 16.4. The lowest BCUT2D eigenvalue weighted by molar-refractivity contribution is -0.141. The van der Waals surface area contributed by atoms with Crippen LogP contribution < -0.4 is 10.9 Å². The van der Waals surface area contributed by atoms with Crippen LogP contribution in [0.15, 0.2) is 64.5 Å². The molecular formula is C20H19N3O4S. The number of hydrogen-bond donors (Lipinski definition) is 1. The molecule has 0 aliphatic rings. The van der Waals surface area contributed by atoms with Crippen molar-refractivity contribution >= 4 is 34.5 Å². The Morgan fingerprint density at radius 2 is 1.82 bits per heavy atom. The van der Waals surface area contributed by atoms with Crippen molar-refractivity contribution in [1.82, 2.24) is 14.9 Å². The molecule has 0 saturated heterocycles. The molecule has 1 N–H and O–H groups in total. The SMILES string of the molecule is COC(=O)Cn1c(SCC(=O)NCc2ccccc2)nc2ccccc2c1=O. The molecule has 3 rings (SSSR count). The summed E-state index contributed by atoms with van der Waals surface area (Å²) in [6.07, 6.45) is 0. The Balaban J connectivity index is 1.77. The molecule has 0 atom stereocenters. The van der Waals surface area contributed by atoms with Crippen molar-refractivity contribution in [2.75, 3.05) is 12.9 Å². The molecule has 0 aliphatic carbocycles. The first-order chi connectivity index (χ1) is 13.6. The number of nitrogens with one attached hydrogen (secondary N) is 1. The largest absolute Gasteiger partial charge is 0.468 e. The summed E-state index contributed by atoms with van der Waals surface area (Å²) in [5, 5.41) is 3.53. The summed E-state index contributed by atoms with van der Waals surface area (Å²) in [4.78, 5) is 41.1. The van der Waals surface area contributed by atoms with E-state index in [1.807, 2.05) is 30.3 Å². The number of thioether (sulfide) groups is 1. The molecular weight excluding hydrogens is 378 g/mol. The number of hydrogen-bond acceptors (Lipinski definition) is 6. The first-order valence-electron chi connectivity index (χ1n) is 8.58. The molecule has 1 aromatic heterocycles. The van der Waals surface area contributed by atoms with Crippen LogP contribution in [0.4, 0.5) is 0 Å². The van der Waals surface area contributed by atoms with Crippen LogP contribution in [0.1, 0.15) is 5.56 Å². The van der Waals surface area contributed by atoms with Crippen molar-refractivity contribution in [3.05, 3.63) is 70.5 Å². The molecule has 1 heterocycles. The summed E-state index contributed by atoms with van der Waals surface area (Å²) in [5.41, 5.74) is 1.16. The fourth-order valence-electron chi connectivity index (χ4n) is 2.57. The molecule has 0 radical (unpaired) electrons. The van der Waals surface area contributed by atoms with E-state index in [2.05, 4.69) is 15.0 Å². The summed E-state index contributed by atoms with van der Waals surface area (Å²) >= 11 is 1.10. The number of amides is 1. The zero-order chi connectivity index (χ0) is 19.9. The predicted molar refractivity (Wildman–Crippen MR) is 107 cm³/mol. The Labute approximate surface area is 165 Å². The van der Waals surface area contributed by atoms with Gasteiger partial charge in [-0.25, -0.2) is 4.98 Å². The fraction of sp³-hybridized carbons (Fsp3) is 0.200. The number of carbonyl (C=O) groups excluding carboxylic acids is 2. The third-order valence-corrected chi connectivity index (χ3v) is 4.98. The number of fused-ring (bicyclic) bond motifs is 1. The second kappa shape index (κ2) is 9.18. The van der Waals surface area contributed by atoms with Gasteiger partial charge in [-0.1, -0.05) is 54.2 Å². The minimum absolute atomic E-state index is 0.0682. The first-order valence-corrected chi connectivity index (χ1v) is 9.57. The number of carbonyl (C=O) groups is 2. The Morgan fingerprint density at radius 3 is 2.57 bits per heavy atom. The number of benzene rings is 2. The Morgan fingerprint density at radius 1 is 1.11 bits per heavy atom. The third kappa shape index (κ3) is 4.77. The van der Waals surface area contributed by atoms with Crippen molar-refractivity contribution < 1.29 is 14.3 Å². The average Bonchev–Trinajstić information content (AvgIpc) is 2.73. The average molecular weight is 397 g/mol. The van der Waals surface area contributed by atoms with E-state index in [1.165, 1.54) is 11.7 Å². The van der Waals surface area contributed by atoms with E-state index in [9.17, 15) is 14.4 Å². The standard InChI is InChI=1S/C20H19N3O4S/c1-27-18(25)12-23-19(26)15-9-5-6-10-16(15)22-20(23)28-13-17(24)21-11-14-7-3-2-4-8-14/h2-10H,11-13H2,1H3,(H,21,24). The van der Waals surface area contributed by atoms with Gasteiger partial charge in [0.15, 0.2) is 5.16 Å². The van der Waals surface area contributed by atoms with E-state index in [0.717, 1.165) is 17.3 Å². The molecule has 8 heteroatoms. The van der Waals surface area contributed by atoms with Gasteiger partial charge in [0.05, 0.1) is 23.8 Å². The van der Waals surface area contributed by atoms with Crippen molar-refractivity contribution in [3.63, 3.8) is 0 Å². The highest BCUT2D eigenvalue weighted by atomic mass is 32.2. The van der Waals surface area contributed by atoms with Gasteiger partial charge in [0.2, 0.25) is 5.91 Å². The molecule has 3 aromatic rings. The summed E-state index contributed by atoms with van der Waals surface area (Å²) < 4.78 is 5.91. The first kappa shape index (κ1) is 19.6. The Bertz CT molecular complexity index is 1050. The summed E-state index contributed by atoms with van der Waals surface area (Å²) in [6.45, 7) is 0.154. The molecule has 0 unspecified atom stereocenters. The molecule has 28 heavy (non-hydrogen) atoms. The second-order valence-corrected chi connectivity index (χ2v) is 6.87. The zero-order valence-electron chi connectivity index (χ0n) is 15.3. The number of methoxy groups -OCH3 is 1. The maximum atomic E-state index is 12.8. The number of aromatic nitrogens is 2. The van der Waals surface area contributed by atoms with Crippen LogP contribution in [0.25, 0.3) is 10.9 Å². The monoisotopic (exact) mass is 397 g/mol. The number of rotatable bonds is 7. The minimum Gasteiger partial charge on any atom is -0.468 e. The molecule has 0 aliphatic heterocycles. The van der Waals surface area contributed by atoms with Gasteiger partial charge in [-0.2, -0.15) is 0 Å². The number of ether oxygens (including phenoxy) is 1. The topological polar surface area (TPSA) is 90.3 Å². The number of esters is 1. The van der Waals surface area contributed by atoms with Gasteiger partial charge in [0.25, 0.3) is 5.56 Å². The van der Waals surface area contributed by atoms with Gasteiger partial charge in [0.1, 0.15) is 6.54 Å². The molecule has 7 nitrogen and oxygen atoms in total. The van der Waals surface area contributed by atoms with Crippen LogP contribution >= 0.6 is 11.8 Å². The van der Waals surface area contributed by atoms with Gasteiger partial charge in [0, 0.05) is 6.54 Å². The normalized spacial score (nSPS) is 10.6. The van der Waals surface area contributed by atoms with Crippen molar-refractivity contribution in [3.8, 4) is 0 Å². The number of para-hydroxylation sites is 1. The van der Waals surface area contributed by atoms with E-state index < -0.39 is 5.97 Å². The van der Waals surface area contributed by atoms with E-state index in [-0.39, 0.29) is 23.8 Å². The lowest BCUT2D eigenvalue weighted by Gasteiger charge is -2.12. The van der Waals surface area contributed by atoms with Crippen LogP contribution in [-0.4, -0.2) is 34.3 Å². The highest BCUT2D eigenvalue weighted by molar-refractivity contribution is 7.99. The van der Waals surface area contributed by atoms with E-state index in [1.54, 1.807) is 24.3 Å². The van der Waals surface area contributed by atoms with E-state index in [0.29, 0.717) is 22.6 Å². The van der Waals surface area contributed by atoms with Crippen LogP contribution in [0, 0.1) is 0 Å². The predicted octanol–water partition coefficient (Wildman–Crippen LogP) is 1.98. The van der Waals surface area contributed by atoms with Gasteiger partial charge < -0.3 is 10.1 Å². The molecule has 1 amide bonds. The molecule has 0 fully saturated rings. The molecule has 0 saturated carbocycles. The maximum Gasteiger partial charge on any atom is 0.325 e. The number of nitrogens with zero attached hydrogens (tertiary/aromatic N) is 2. The molecule has 2 aromatic carbocycles. The molecule has 144 valence electrons. The smallest absolute Gasteiger partial charge is 0.325 e. The Hall–Kier alpha value is -3.13. The highest BCUT2D eigenvalue weighted by Crippen LogP contribution is 2.17. The van der Waals surface area contributed by atoms with Gasteiger partial charge in [-0.3, -0.25) is 19.0 Å². The molecule has 0 bridgehead atoms. The van der Waals surface area contributed by atoms with Crippen LogP contribution in [0.2, 0.25) is 0 Å². The highest BCUT2D eigenvalue weighted by Gasteiger charge is 2.15. The lowest BCUT2D eigenvalue weighted by atomic mass is 10.2. The van der Waals surface area contributed by atoms with Gasteiger partial charge >= 0.3 is 5.97 Å². The second-order valence-electron chi connectivity index (χ2n) is 5.93. The van der Waals surface area contributed by atoms with Crippen LogP contribution in [0.3, 0.4) is 0 Å². The Kier molecular flexibility index (Phi) is 6.44. The zero-order valence-corrected chi connectivity index (χ0v) is 16.1. The van der Waals surface area contributed by atoms with Gasteiger partial charge in [-0.15, -0.1) is 0 Å². The van der Waals surface area contributed by atoms with E-state index >= 15 is 0 Å².